The summed E-state index contributed by atoms with van der Waals surface area (Å²) < 4.78 is 21.1. The highest BCUT2D eigenvalue weighted by atomic mass is 16.7. The van der Waals surface area contributed by atoms with Crippen molar-refractivity contribution in [3.63, 3.8) is 0 Å². The third-order valence-corrected chi connectivity index (χ3v) is 3.58. The summed E-state index contributed by atoms with van der Waals surface area (Å²) in [5, 5.41) is 19.4. The van der Waals surface area contributed by atoms with E-state index in [0.29, 0.717) is 0 Å². The number of benzene rings is 1. The molecule has 1 aliphatic rings. The average Bonchev–Trinajstić information content (AvgIpc) is 2.55. The molecule has 1 fully saturated rings. The van der Waals surface area contributed by atoms with E-state index in [1.165, 1.54) is 7.11 Å². The monoisotopic (exact) mass is 340 g/mol. The highest BCUT2D eigenvalue weighted by molar-refractivity contribution is 5.73. The molecule has 1 aromatic rings. The lowest BCUT2D eigenvalue weighted by atomic mass is 9.98. The van der Waals surface area contributed by atoms with E-state index in [1.807, 2.05) is 30.3 Å². The maximum atomic E-state index is 11.3. The van der Waals surface area contributed by atoms with Crippen molar-refractivity contribution in [2.45, 2.75) is 44.2 Å². The number of aliphatic hydroxyl groups is 1. The van der Waals surface area contributed by atoms with E-state index in [1.54, 1.807) is 0 Å². The van der Waals surface area contributed by atoms with Crippen LogP contribution in [0.4, 0.5) is 0 Å². The average molecular weight is 340 g/mol. The van der Waals surface area contributed by atoms with Gasteiger partial charge in [-0.25, -0.2) is 4.79 Å². The fourth-order valence-electron chi connectivity index (χ4n) is 2.49. The number of methoxy groups -OCH3 is 1. The number of hydrogen-bond acceptors (Lipinski definition) is 7. The van der Waals surface area contributed by atoms with Crippen molar-refractivity contribution >= 4 is 11.9 Å². The molecule has 0 aromatic heterocycles. The van der Waals surface area contributed by atoms with E-state index in [-0.39, 0.29) is 6.61 Å². The highest BCUT2D eigenvalue weighted by Crippen LogP contribution is 2.27. The standard InChI is InChI=1S/C16H20O8/c1-9(17)23-12-11(18)13(15(19)20)24-16(21-2)14(12)22-8-10-6-4-3-5-7-10/h3-7,11-14,16,18H,8H2,1-2H3,(H,19,20)/t11-,12-,13-,14+,16+/m0/s1. The zero-order valence-corrected chi connectivity index (χ0v) is 13.3. The summed E-state index contributed by atoms with van der Waals surface area (Å²) in [5.41, 5.74) is 0.851. The molecule has 0 aliphatic carbocycles. The molecule has 0 unspecified atom stereocenters. The van der Waals surface area contributed by atoms with Crippen LogP contribution in [0.25, 0.3) is 0 Å². The number of rotatable bonds is 6. The maximum absolute atomic E-state index is 11.3. The molecule has 0 bridgehead atoms. The van der Waals surface area contributed by atoms with Crippen LogP contribution in [0.5, 0.6) is 0 Å². The Morgan fingerprint density at radius 2 is 1.88 bits per heavy atom. The van der Waals surface area contributed by atoms with Gasteiger partial charge in [-0.05, 0) is 5.56 Å². The van der Waals surface area contributed by atoms with Crippen molar-refractivity contribution in [3.8, 4) is 0 Å². The van der Waals surface area contributed by atoms with E-state index in [0.717, 1.165) is 12.5 Å². The second-order valence-electron chi connectivity index (χ2n) is 5.32. The molecule has 1 aromatic carbocycles. The molecule has 24 heavy (non-hydrogen) atoms. The first-order valence-corrected chi connectivity index (χ1v) is 7.36. The smallest absolute Gasteiger partial charge is 0.335 e. The van der Waals surface area contributed by atoms with Crippen LogP contribution in [0.1, 0.15) is 12.5 Å². The van der Waals surface area contributed by atoms with Crippen molar-refractivity contribution in [3.05, 3.63) is 35.9 Å². The second-order valence-corrected chi connectivity index (χ2v) is 5.32. The number of aliphatic carboxylic acids is 1. The SMILES string of the molecule is CO[C@@H]1O[C@H](C(=O)O)[C@@H](O)[C@H](OC(C)=O)[C@H]1OCc1ccccc1. The van der Waals surface area contributed by atoms with Crippen LogP contribution in [0.15, 0.2) is 30.3 Å². The minimum Gasteiger partial charge on any atom is -0.479 e. The minimum atomic E-state index is -1.59. The number of ether oxygens (including phenoxy) is 4. The molecule has 8 heteroatoms. The topological polar surface area (TPSA) is 112 Å². The minimum absolute atomic E-state index is 0.150. The Morgan fingerprint density at radius 3 is 2.42 bits per heavy atom. The highest BCUT2D eigenvalue weighted by Gasteiger charge is 2.51. The van der Waals surface area contributed by atoms with E-state index in [2.05, 4.69) is 0 Å². The molecule has 2 N–H and O–H groups in total. The van der Waals surface area contributed by atoms with E-state index in [9.17, 15) is 14.7 Å². The van der Waals surface area contributed by atoms with Crippen LogP contribution in [0.2, 0.25) is 0 Å². The van der Waals surface area contributed by atoms with Gasteiger partial charge in [-0.2, -0.15) is 0 Å². The molecule has 2 rings (SSSR count). The molecule has 0 amide bonds. The van der Waals surface area contributed by atoms with Crippen LogP contribution in [0.3, 0.4) is 0 Å². The van der Waals surface area contributed by atoms with Crippen LogP contribution >= 0.6 is 0 Å². The first kappa shape index (κ1) is 18.3. The molecule has 1 heterocycles. The molecule has 0 spiro atoms. The van der Waals surface area contributed by atoms with Crippen LogP contribution < -0.4 is 0 Å². The zero-order valence-electron chi connectivity index (χ0n) is 13.3. The number of hydrogen-bond donors (Lipinski definition) is 2. The van der Waals surface area contributed by atoms with Crippen molar-refractivity contribution < 1.29 is 38.7 Å². The second kappa shape index (κ2) is 8.20. The Kier molecular flexibility index (Phi) is 6.27. The molecule has 5 atom stereocenters. The lowest BCUT2D eigenvalue weighted by Crippen LogP contribution is -2.62. The molecular formula is C16H20O8. The van der Waals surface area contributed by atoms with Gasteiger partial charge in [-0.15, -0.1) is 0 Å². The summed E-state index contributed by atoms with van der Waals surface area (Å²) >= 11 is 0. The zero-order chi connectivity index (χ0) is 17.7. The molecule has 1 saturated heterocycles. The number of carbonyl (C=O) groups excluding carboxylic acids is 1. The van der Waals surface area contributed by atoms with Crippen molar-refractivity contribution in [1.82, 2.24) is 0 Å². The lowest BCUT2D eigenvalue weighted by Gasteiger charge is -2.41. The van der Waals surface area contributed by atoms with Gasteiger partial charge in [-0.1, -0.05) is 30.3 Å². The molecule has 0 saturated carbocycles. The quantitative estimate of drug-likeness (QED) is 0.712. The van der Waals surface area contributed by atoms with E-state index < -0.39 is 42.6 Å². The number of carbonyl (C=O) groups is 2. The molecule has 1 aliphatic heterocycles. The summed E-state index contributed by atoms with van der Waals surface area (Å²) in [7, 11) is 1.31. The Morgan fingerprint density at radius 1 is 1.21 bits per heavy atom. The van der Waals surface area contributed by atoms with Gasteiger partial charge >= 0.3 is 11.9 Å². The van der Waals surface area contributed by atoms with Gasteiger partial charge in [0.25, 0.3) is 0 Å². The van der Waals surface area contributed by atoms with Gasteiger partial charge in [0, 0.05) is 14.0 Å². The van der Waals surface area contributed by atoms with Crippen LogP contribution in [-0.2, 0) is 35.1 Å². The predicted molar refractivity (Wildman–Crippen MR) is 79.9 cm³/mol. The molecule has 0 radical (unpaired) electrons. The summed E-state index contributed by atoms with van der Waals surface area (Å²) in [6.45, 7) is 1.31. The Balaban J connectivity index is 2.19. The van der Waals surface area contributed by atoms with Crippen molar-refractivity contribution in [2.75, 3.05) is 7.11 Å². The summed E-state index contributed by atoms with van der Waals surface area (Å²) in [4.78, 5) is 22.6. The Hall–Kier alpha value is -2.00. The largest absolute Gasteiger partial charge is 0.479 e. The normalized spacial score (nSPS) is 29.9. The van der Waals surface area contributed by atoms with Gasteiger partial charge in [-0.3, -0.25) is 4.79 Å². The fraction of sp³-hybridized carbons (Fsp3) is 0.500. The maximum Gasteiger partial charge on any atom is 0.335 e. The van der Waals surface area contributed by atoms with E-state index >= 15 is 0 Å². The first-order chi connectivity index (χ1) is 11.4. The summed E-state index contributed by atoms with van der Waals surface area (Å²) in [6.07, 6.45) is -6.49. The summed E-state index contributed by atoms with van der Waals surface area (Å²) in [5.74, 6) is -2.06. The molecular weight excluding hydrogens is 320 g/mol. The van der Waals surface area contributed by atoms with Crippen molar-refractivity contribution in [2.24, 2.45) is 0 Å². The predicted octanol–water partition coefficient (Wildman–Crippen LogP) is 0.320. The van der Waals surface area contributed by atoms with Crippen molar-refractivity contribution in [1.29, 1.82) is 0 Å². The lowest BCUT2D eigenvalue weighted by molar-refractivity contribution is -0.301. The molecule has 8 nitrogen and oxygen atoms in total. The number of aliphatic hydroxyl groups excluding tert-OH is 1. The van der Waals surface area contributed by atoms with Crippen LogP contribution in [-0.4, -0.2) is 60.0 Å². The summed E-state index contributed by atoms with van der Waals surface area (Å²) in [6, 6.07) is 9.20. The van der Waals surface area contributed by atoms with Crippen LogP contribution in [0, 0.1) is 0 Å². The Labute approximate surface area is 138 Å². The Bertz CT molecular complexity index is 560. The van der Waals surface area contributed by atoms with Gasteiger partial charge in [0.15, 0.2) is 18.5 Å². The third kappa shape index (κ3) is 4.30. The fourth-order valence-corrected chi connectivity index (χ4v) is 2.49. The van der Waals surface area contributed by atoms with Gasteiger partial charge in [0.1, 0.15) is 12.2 Å². The first-order valence-electron chi connectivity index (χ1n) is 7.36. The number of carboxylic acids is 1. The third-order valence-electron chi connectivity index (χ3n) is 3.58. The van der Waals surface area contributed by atoms with Gasteiger partial charge in [0.2, 0.25) is 0 Å². The number of esters is 1. The van der Waals surface area contributed by atoms with Gasteiger partial charge < -0.3 is 29.2 Å². The molecule has 132 valence electrons. The van der Waals surface area contributed by atoms with E-state index in [4.69, 9.17) is 24.1 Å². The number of carboxylic acid groups (broad SMARTS) is 1. The van der Waals surface area contributed by atoms with Gasteiger partial charge in [0.05, 0.1) is 6.61 Å².